The van der Waals surface area contributed by atoms with Gasteiger partial charge in [0.05, 0.1) is 10.8 Å². The topological polar surface area (TPSA) is 77.2 Å². The van der Waals surface area contributed by atoms with Crippen molar-refractivity contribution in [3.63, 3.8) is 0 Å². The minimum atomic E-state index is -0.880. The van der Waals surface area contributed by atoms with Crippen LogP contribution < -0.4 is 0 Å². The van der Waals surface area contributed by atoms with E-state index in [9.17, 15) is 4.79 Å². The smallest absolute Gasteiger partial charge is 0.313 e. The third-order valence-corrected chi connectivity index (χ3v) is 4.11. The molecule has 0 saturated heterocycles. The summed E-state index contributed by atoms with van der Waals surface area (Å²) in [5, 5.41) is 9.99. The molecule has 6 nitrogen and oxygen atoms in total. The number of fused-ring (bicyclic) bond motifs is 1. The minimum Gasteiger partial charge on any atom is -0.481 e. The van der Waals surface area contributed by atoms with E-state index in [1.54, 1.807) is 19.4 Å². The van der Waals surface area contributed by atoms with Crippen LogP contribution >= 0.6 is 23.4 Å². The Balaban J connectivity index is 2.41. The van der Waals surface area contributed by atoms with Gasteiger partial charge in [0.15, 0.2) is 10.8 Å². The van der Waals surface area contributed by atoms with Gasteiger partial charge in [0.25, 0.3) is 0 Å². The summed E-state index contributed by atoms with van der Waals surface area (Å²) >= 11 is 7.12. The molecule has 0 aliphatic heterocycles. The minimum absolute atomic E-state index is 0.0476. The molecule has 1 N–H and O–H groups in total. The van der Waals surface area contributed by atoms with E-state index in [4.69, 9.17) is 21.4 Å². The predicted molar refractivity (Wildman–Crippen MR) is 82.1 cm³/mol. The lowest BCUT2D eigenvalue weighted by Crippen LogP contribution is -2.10. The summed E-state index contributed by atoms with van der Waals surface area (Å²) in [7, 11) is 1.65. The van der Waals surface area contributed by atoms with Crippen LogP contribution in [0.1, 0.15) is 19.4 Å². The van der Waals surface area contributed by atoms with Crippen molar-refractivity contribution in [1.82, 2.24) is 14.5 Å². The maximum atomic E-state index is 10.8. The molecule has 0 spiro atoms. The van der Waals surface area contributed by atoms with Crippen molar-refractivity contribution in [2.75, 3.05) is 19.5 Å². The molecule has 2 aromatic heterocycles. The second-order valence-electron chi connectivity index (χ2n) is 4.57. The molecular formula is C13H16ClN3O3S. The van der Waals surface area contributed by atoms with Gasteiger partial charge in [-0.15, -0.1) is 0 Å². The van der Waals surface area contributed by atoms with Crippen LogP contribution in [0.2, 0.25) is 5.02 Å². The molecule has 0 bridgehead atoms. The van der Waals surface area contributed by atoms with E-state index in [-0.39, 0.29) is 11.8 Å². The van der Waals surface area contributed by atoms with Gasteiger partial charge in [-0.1, -0.05) is 23.4 Å². The predicted octanol–water partition coefficient (Wildman–Crippen LogP) is 2.86. The van der Waals surface area contributed by atoms with Crippen molar-refractivity contribution >= 4 is 40.5 Å². The summed E-state index contributed by atoms with van der Waals surface area (Å²) < 4.78 is 7.05. The van der Waals surface area contributed by atoms with Gasteiger partial charge >= 0.3 is 5.97 Å². The highest BCUT2D eigenvalue weighted by Crippen LogP contribution is 2.29. The van der Waals surface area contributed by atoms with Gasteiger partial charge in [0.1, 0.15) is 5.52 Å². The van der Waals surface area contributed by atoms with Crippen LogP contribution in [0.15, 0.2) is 17.4 Å². The zero-order chi connectivity index (χ0) is 15.4. The van der Waals surface area contributed by atoms with Crippen molar-refractivity contribution in [3.05, 3.63) is 17.3 Å². The highest BCUT2D eigenvalue weighted by molar-refractivity contribution is 7.99. The third kappa shape index (κ3) is 3.87. The van der Waals surface area contributed by atoms with Gasteiger partial charge in [-0.25, -0.2) is 9.97 Å². The molecule has 1 unspecified atom stereocenters. The molecule has 1 atom stereocenters. The number of thioether (sulfide) groups is 1. The van der Waals surface area contributed by atoms with Gasteiger partial charge in [0, 0.05) is 26.0 Å². The van der Waals surface area contributed by atoms with E-state index in [1.807, 2.05) is 11.5 Å². The SMILES string of the molecule is COCCC(C)n1c(SCC(=O)O)nc2cc(Cl)cnc21. The number of carboxylic acids is 1. The monoisotopic (exact) mass is 329 g/mol. The Bertz CT molecular complexity index is 647. The number of aliphatic carboxylic acids is 1. The summed E-state index contributed by atoms with van der Waals surface area (Å²) in [5.41, 5.74) is 1.37. The number of hydrogen-bond donors (Lipinski definition) is 1. The van der Waals surface area contributed by atoms with Gasteiger partial charge < -0.3 is 14.4 Å². The number of carboxylic acid groups (broad SMARTS) is 1. The average molecular weight is 330 g/mol. The summed E-state index contributed by atoms with van der Waals surface area (Å²) in [6.45, 7) is 2.64. The van der Waals surface area contributed by atoms with Crippen LogP contribution in [0.3, 0.4) is 0 Å². The molecular weight excluding hydrogens is 314 g/mol. The van der Waals surface area contributed by atoms with Crippen molar-refractivity contribution in [1.29, 1.82) is 0 Å². The first kappa shape index (κ1) is 16.1. The van der Waals surface area contributed by atoms with Crippen molar-refractivity contribution in [3.8, 4) is 0 Å². The molecule has 0 aliphatic rings. The standard InChI is InChI=1S/C13H16ClN3O3S/c1-8(3-4-20-2)17-12-10(5-9(14)6-15-12)16-13(17)21-7-11(18)19/h5-6,8H,3-4,7H2,1-2H3,(H,18,19). The van der Waals surface area contributed by atoms with Crippen molar-refractivity contribution < 1.29 is 14.6 Å². The van der Waals surface area contributed by atoms with E-state index in [2.05, 4.69) is 9.97 Å². The van der Waals surface area contributed by atoms with Crippen LogP contribution in [0.4, 0.5) is 0 Å². The number of pyridine rings is 1. The number of aromatic nitrogens is 3. The second-order valence-corrected chi connectivity index (χ2v) is 5.95. The average Bonchev–Trinajstić information content (AvgIpc) is 2.79. The van der Waals surface area contributed by atoms with Crippen LogP contribution in [-0.4, -0.2) is 45.1 Å². The third-order valence-electron chi connectivity index (χ3n) is 2.97. The van der Waals surface area contributed by atoms with E-state index < -0.39 is 5.97 Å². The molecule has 0 radical (unpaired) electrons. The molecule has 21 heavy (non-hydrogen) atoms. The Labute approximate surface area is 131 Å². The fourth-order valence-electron chi connectivity index (χ4n) is 1.98. The van der Waals surface area contributed by atoms with E-state index in [1.165, 1.54) is 11.8 Å². The molecule has 0 amide bonds. The Morgan fingerprint density at radius 2 is 2.38 bits per heavy atom. The van der Waals surface area contributed by atoms with Crippen molar-refractivity contribution in [2.45, 2.75) is 24.5 Å². The van der Waals surface area contributed by atoms with E-state index in [0.29, 0.717) is 27.9 Å². The maximum absolute atomic E-state index is 10.8. The van der Waals surface area contributed by atoms with Gasteiger partial charge in [-0.05, 0) is 19.4 Å². The number of imidazole rings is 1. The largest absolute Gasteiger partial charge is 0.481 e. The van der Waals surface area contributed by atoms with Crippen LogP contribution in [0.5, 0.6) is 0 Å². The first-order valence-electron chi connectivity index (χ1n) is 6.40. The lowest BCUT2D eigenvalue weighted by Gasteiger charge is -2.16. The number of halogens is 1. The zero-order valence-corrected chi connectivity index (χ0v) is 13.3. The first-order chi connectivity index (χ1) is 10.0. The molecule has 2 rings (SSSR count). The molecule has 2 heterocycles. The zero-order valence-electron chi connectivity index (χ0n) is 11.7. The van der Waals surface area contributed by atoms with Crippen molar-refractivity contribution in [2.24, 2.45) is 0 Å². The summed E-state index contributed by atoms with van der Waals surface area (Å²) in [6.07, 6.45) is 2.35. The van der Waals surface area contributed by atoms with Gasteiger partial charge in [0.2, 0.25) is 0 Å². The molecule has 8 heteroatoms. The fourth-order valence-corrected chi connectivity index (χ4v) is 2.95. The normalized spacial score (nSPS) is 12.7. The molecule has 0 aromatic carbocycles. The number of nitrogens with zero attached hydrogens (tertiary/aromatic N) is 3. The highest BCUT2D eigenvalue weighted by atomic mass is 35.5. The Morgan fingerprint density at radius 3 is 3.05 bits per heavy atom. The summed E-state index contributed by atoms with van der Waals surface area (Å²) in [5.74, 6) is -0.928. The van der Waals surface area contributed by atoms with Crippen LogP contribution in [0, 0.1) is 0 Å². The molecule has 0 aliphatic carbocycles. The highest BCUT2D eigenvalue weighted by Gasteiger charge is 2.18. The molecule has 0 fully saturated rings. The molecule has 0 saturated carbocycles. The number of methoxy groups -OCH3 is 1. The molecule has 114 valence electrons. The van der Waals surface area contributed by atoms with E-state index >= 15 is 0 Å². The number of rotatable bonds is 7. The van der Waals surface area contributed by atoms with Gasteiger partial charge in [-0.3, -0.25) is 4.79 Å². The van der Waals surface area contributed by atoms with Crippen LogP contribution in [-0.2, 0) is 9.53 Å². The molecule has 2 aromatic rings. The van der Waals surface area contributed by atoms with E-state index in [0.717, 1.165) is 6.42 Å². The second kappa shape index (κ2) is 7.11. The first-order valence-corrected chi connectivity index (χ1v) is 7.76. The Hall–Kier alpha value is -1.31. The maximum Gasteiger partial charge on any atom is 0.313 e. The number of hydrogen-bond acceptors (Lipinski definition) is 5. The lowest BCUT2D eigenvalue weighted by molar-refractivity contribution is -0.133. The quantitative estimate of drug-likeness (QED) is 0.787. The lowest BCUT2D eigenvalue weighted by atomic mass is 10.2. The fraction of sp³-hybridized carbons (Fsp3) is 0.462. The summed E-state index contributed by atoms with van der Waals surface area (Å²) in [4.78, 5) is 19.6. The van der Waals surface area contributed by atoms with Gasteiger partial charge in [-0.2, -0.15) is 0 Å². The summed E-state index contributed by atoms with van der Waals surface area (Å²) in [6, 6.07) is 1.83. The number of carbonyl (C=O) groups is 1. The van der Waals surface area contributed by atoms with Crippen LogP contribution in [0.25, 0.3) is 11.2 Å². The Morgan fingerprint density at radius 1 is 1.62 bits per heavy atom. The Kier molecular flexibility index (Phi) is 5.44. The number of ether oxygens (including phenoxy) is 1.